The molecule has 1 aromatic carbocycles. The third-order valence-electron chi connectivity index (χ3n) is 5.58. The first-order valence-corrected chi connectivity index (χ1v) is 11.7. The van der Waals surface area contributed by atoms with Crippen molar-refractivity contribution in [2.45, 2.75) is 52.1 Å². The summed E-state index contributed by atoms with van der Waals surface area (Å²) in [6.45, 7) is 7.72. The van der Waals surface area contributed by atoms with Gasteiger partial charge in [0.2, 0.25) is 11.8 Å². The molecule has 1 aromatic rings. The third kappa shape index (κ3) is 4.87. The van der Waals surface area contributed by atoms with E-state index in [0.717, 1.165) is 4.90 Å². The number of hydrogen-bond donors (Lipinski definition) is 1. The fraction of sp³-hybridized carbons (Fsp3) is 0.423. The minimum absolute atomic E-state index is 0.0617. The van der Waals surface area contributed by atoms with Crippen molar-refractivity contribution in [1.29, 1.82) is 5.26 Å². The summed E-state index contributed by atoms with van der Waals surface area (Å²) in [6, 6.07) is 8.26. The molecule has 0 bridgehead atoms. The average molecular weight is 512 g/mol. The van der Waals surface area contributed by atoms with E-state index in [1.54, 1.807) is 58.9 Å². The van der Waals surface area contributed by atoms with E-state index < -0.39 is 53.7 Å². The van der Waals surface area contributed by atoms with E-state index >= 15 is 0 Å². The van der Waals surface area contributed by atoms with Gasteiger partial charge < -0.3 is 24.7 Å². The van der Waals surface area contributed by atoms with Crippen molar-refractivity contribution in [3.63, 3.8) is 0 Å². The molecule has 0 aromatic heterocycles. The molecule has 0 aliphatic carbocycles. The standard InChI is InChI=1S/C26H29N3O8/c1-6-34-19(30)12-18-21(23(32)35-7-2)26(16(13-27)22(28)36-18)15-10-8-9-11-17(15)29(24(26)33)14-20(31)37-25(3,4)5/h8-11H,6-7,12,14,28H2,1-5H3. The SMILES string of the molecule is CCOC(=O)CC1=C(C(=O)OCC)C2(C(=O)N(CC(=O)OC(C)(C)C)c3ccccc32)C(C#N)=C(N)O1. The molecule has 1 atom stereocenters. The van der Waals surface area contributed by atoms with Crippen LogP contribution in [0.25, 0.3) is 0 Å². The zero-order valence-electron chi connectivity index (χ0n) is 21.4. The number of anilines is 1. The number of esters is 3. The van der Waals surface area contributed by atoms with Crippen LogP contribution in [0.3, 0.4) is 0 Å². The summed E-state index contributed by atoms with van der Waals surface area (Å²) in [6.07, 6.45) is -0.551. The van der Waals surface area contributed by atoms with Crippen LogP contribution >= 0.6 is 0 Å². The summed E-state index contributed by atoms with van der Waals surface area (Å²) in [5, 5.41) is 10.1. The maximum Gasteiger partial charge on any atom is 0.339 e. The number of benzene rings is 1. The van der Waals surface area contributed by atoms with Crippen LogP contribution in [-0.2, 0) is 43.5 Å². The molecule has 2 aliphatic rings. The number of ether oxygens (including phenoxy) is 4. The summed E-state index contributed by atoms with van der Waals surface area (Å²) < 4.78 is 21.2. The van der Waals surface area contributed by atoms with Crippen molar-refractivity contribution < 1.29 is 38.1 Å². The Kier molecular flexibility index (Phi) is 7.62. The number of carbonyl (C=O) groups excluding carboxylic acids is 4. The van der Waals surface area contributed by atoms with Crippen molar-refractivity contribution in [3.8, 4) is 6.07 Å². The van der Waals surface area contributed by atoms with E-state index in [0.29, 0.717) is 0 Å². The van der Waals surface area contributed by atoms with Crippen molar-refractivity contribution >= 4 is 29.5 Å². The minimum atomic E-state index is -2.12. The highest BCUT2D eigenvalue weighted by Crippen LogP contribution is 2.54. The summed E-state index contributed by atoms with van der Waals surface area (Å²) in [7, 11) is 0. The molecular formula is C26H29N3O8. The van der Waals surface area contributed by atoms with Crippen LogP contribution in [0, 0.1) is 11.3 Å². The highest BCUT2D eigenvalue weighted by molar-refractivity contribution is 6.19. The van der Waals surface area contributed by atoms with Crippen LogP contribution in [0.1, 0.15) is 46.6 Å². The monoisotopic (exact) mass is 511 g/mol. The fourth-order valence-corrected chi connectivity index (χ4v) is 4.43. The number of nitriles is 1. The molecule has 2 heterocycles. The molecule has 0 saturated carbocycles. The lowest BCUT2D eigenvalue weighted by Gasteiger charge is -2.35. The van der Waals surface area contributed by atoms with Gasteiger partial charge in [0.15, 0.2) is 5.41 Å². The zero-order valence-corrected chi connectivity index (χ0v) is 21.4. The Bertz CT molecular complexity index is 1250. The summed E-state index contributed by atoms with van der Waals surface area (Å²) in [5.41, 5.74) is 2.88. The Morgan fingerprint density at radius 3 is 2.35 bits per heavy atom. The molecule has 0 fully saturated rings. The molecule has 37 heavy (non-hydrogen) atoms. The zero-order chi connectivity index (χ0) is 27.5. The van der Waals surface area contributed by atoms with Gasteiger partial charge in [0.1, 0.15) is 41.5 Å². The van der Waals surface area contributed by atoms with Gasteiger partial charge in [0.25, 0.3) is 0 Å². The van der Waals surface area contributed by atoms with Gasteiger partial charge in [-0.2, -0.15) is 5.26 Å². The predicted octanol–water partition coefficient (Wildman–Crippen LogP) is 2.11. The molecule has 2 aliphatic heterocycles. The predicted molar refractivity (Wildman–Crippen MR) is 129 cm³/mol. The third-order valence-corrected chi connectivity index (χ3v) is 5.58. The maximum absolute atomic E-state index is 14.3. The Morgan fingerprint density at radius 1 is 1.11 bits per heavy atom. The second-order valence-electron chi connectivity index (χ2n) is 9.20. The summed E-state index contributed by atoms with van der Waals surface area (Å²) >= 11 is 0. The van der Waals surface area contributed by atoms with Crippen LogP contribution < -0.4 is 10.6 Å². The highest BCUT2D eigenvalue weighted by atomic mass is 16.6. The van der Waals surface area contributed by atoms with E-state index in [-0.39, 0.29) is 41.4 Å². The van der Waals surface area contributed by atoms with Crippen LogP contribution in [0.15, 0.2) is 47.1 Å². The Balaban J connectivity index is 2.31. The van der Waals surface area contributed by atoms with E-state index in [9.17, 15) is 24.4 Å². The number of carbonyl (C=O) groups is 4. The van der Waals surface area contributed by atoms with E-state index in [1.807, 2.05) is 6.07 Å². The average Bonchev–Trinajstić information content (AvgIpc) is 3.02. The highest BCUT2D eigenvalue weighted by Gasteiger charge is 2.62. The van der Waals surface area contributed by atoms with Gasteiger partial charge in [-0.05, 0) is 40.7 Å². The van der Waals surface area contributed by atoms with Gasteiger partial charge in [0, 0.05) is 11.3 Å². The lowest BCUT2D eigenvalue weighted by molar-refractivity contribution is -0.153. The normalized spacial score (nSPS) is 18.8. The molecule has 3 rings (SSSR count). The second kappa shape index (κ2) is 10.3. The molecule has 1 amide bonds. The van der Waals surface area contributed by atoms with Crippen LogP contribution in [-0.4, -0.2) is 49.2 Å². The molecule has 196 valence electrons. The van der Waals surface area contributed by atoms with Crippen molar-refractivity contribution in [1.82, 2.24) is 0 Å². The van der Waals surface area contributed by atoms with E-state index in [1.165, 1.54) is 0 Å². The van der Waals surface area contributed by atoms with E-state index in [4.69, 9.17) is 24.7 Å². The first-order valence-electron chi connectivity index (χ1n) is 11.7. The number of nitrogens with two attached hydrogens (primary N) is 1. The lowest BCUT2D eigenvalue weighted by atomic mass is 9.68. The minimum Gasteiger partial charge on any atom is -0.466 e. The van der Waals surface area contributed by atoms with Gasteiger partial charge in [-0.1, -0.05) is 18.2 Å². The number of rotatable bonds is 7. The van der Waals surface area contributed by atoms with Crippen LogP contribution in [0.4, 0.5) is 5.69 Å². The molecular weight excluding hydrogens is 482 g/mol. The summed E-state index contributed by atoms with van der Waals surface area (Å²) in [5.74, 6) is -3.99. The van der Waals surface area contributed by atoms with Gasteiger partial charge in [-0.15, -0.1) is 0 Å². The van der Waals surface area contributed by atoms with Crippen LogP contribution in [0.2, 0.25) is 0 Å². The maximum atomic E-state index is 14.3. The Morgan fingerprint density at radius 2 is 1.76 bits per heavy atom. The second-order valence-corrected chi connectivity index (χ2v) is 9.20. The molecule has 2 N–H and O–H groups in total. The van der Waals surface area contributed by atoms with Crippen molar-refractivity contribution in [2.75, 3.05) is 24.7 Å². The lowest BCUT2D eigenvalue weighted by Crippen LogP contribution is -2.50. The first kappa shape index (κ1) is 27.3. The molecule has 11 nitrogen and oxygen atoms in total. The fourth-order valence-electron chi connectivity index (χ4n) is 4.43. The number of hydrogen-bond acceptors (Lipinski definition) is 10. The molecule has 1 unspecified atom stereocenters. The topological polar surface area (TPSA) is 158 Å². The Labute approximate surface area is 214 Å². The van der Waals surface area contributed by atoms with Crippen molar-refractivity contribution in [3.05, 3.63) is 52.6 Å². The Hall–Kier alpha value is -4.33. The number of nitrogens with zero attached hydrogens (tertiary/aromatic N) is 2. The first-order chi connectivity index (χ1) is 17.4. The van der Waals surface area contributed by atoms with Gasteiger partial charge in [-0.3, -0.25) is 19.3 Å². The number of para-hydroxylation sites is 1. The molecule has 11 heteroatoms. The smallest absolute Gasteiger partial charge is 0.339 e. The molecule has 0 radical (unpaired) electrons. The molecule has 0 saturated heterocycles. The van der Waals surface area contributed by atoms with E-state index in [2.05, 4.69) is 0 Å². The van der Waals surface area contributed by atoms with Crippen molar-refractivity contribution in [2.24, 2.45) is 5.73 Å². The number of fused-ring (bicyclic) bond motifs is 2. The van der Waals surface area contributed by atoms with Crippen LogP contribution in [0.5, 0.6) is 0 Å². The largest absolute Gasteiger partial charge is 0.466 e. The van der Waals surface area contributed by atoms with Gasteiger partial charge in [-0.25, -0.2) is 4.79 Å². The van der Waals surface area contributed by atoms with Gasteiger partial charge >= 0.3 is 17.9 Å². The molecule has 1 spiro atoms. The van der Waals surface area contributed by atoms with Gasteiger partial charge in [0.05, 0.1) is 13.2 Å². The summed E-state index contributed by atoms with van der Waals surface area (Å²) in [4.78, 5) is 54.0. The quantitative estimate of drug-likeness (QED) is 0.424. The number of amides is 1.